The largest absolute Gasteiger partial charge is 0.324 e. The molecule has 0 amide bonds. The molecule has 0 bridgehead atoms. The van der Waals surface area contributed by atoms with Gasteiger partial charge < -0.3 is 5.73 Å². The van der Waals surface area contributed by atoms with Crippen LogP contribution in [0.3, 0.4) is 0 Å². The number of benzene rings is 2. The van der Waals surface area contributed by atoms with Gasteiger partial charge in [0.05, 0.1) is 4.90 Å². The molecule has 0 aliphatic carbocycles. The number of anilines is 1. The Morgan fingerprint density at radius 2 is 1.76 bits per heavy atom. The summed E-state index contributed by atoms with van der Waals surface area (Å²) in [6, 6.07) is 10.3. The zero-order chi connectivity index (χ0) is 15.6. The number of nitrogens with two attached hydrogens (primary N) is 1. The van der Waals surface area contributed by atoms with Crippen LogP contribution in [-0.2, 0) is 10.0 Å². The van der Waals surface area contributed by atoms with E-state index in [1.807, 2.05) is 6.92 Å². The fraction of sp³-hybridized carbons (Fsp3) is 0.200. The van der Waals surface area contributed by atoms with Gasteiger partial charge in [-0.05, 0) is 55.3 Å². The van der Waals surface area contributed by atoms with Crippen LogP contribution in [0.15, 0.2) is 47.4 Å². The molecule has 2 aromatic carbocycles. The van der Waals surface area contributed by atoms with E-state index in [2.05, 4.69) is 4.72 Å². The van der Waals surface area contributed by atoms with Crippen LogP contribution in [0.4, 0.5) is 10.1 Å². The molecule has 0 saturated heterocycles. The highest BCUT2D eigenvalue weighted by Gasteiger charge is 2.17. The molecule has 0 aliphatic rings. The van der Waals surface area contributed by atoms with Gasteiger partial charge in [-0.25, -0.2) is 12.8 Å². The van der Waals surface area contributed by atoms with Crippen LogP contribution in [0.25, 0.3) is 0 Å². The molecular formula is C15H17FN2O2S. The molecule has 0 aliphatic heterocycles. The molecule has 4 nitrogen and oxygen atoms in total. The van der Waals surface area contributed by atoms with Crippen molar-refractivity contribution in [3.05, 3.63) is 59.4 Å². The normalized spacial score (nSPS) is 13.0. The van der Waals surface area contributed by atoms with Crippen molar-refractivity contribution < 1.29 is 12.8 Å². The highest BCUT2D eigenvalue weighted by Crippen LogP contribution is 2.21. The first-order chi connectivity index (χ1) is 9.79. The maximum atomic E-state index is 13.1. The third-order valence-corrected chi connectivity index (χ3v) is 4.66. The smallest absolute Gasteiger partial charge is 0.262 e. The zero-order valence-electron chi connectivity index (χ0n) is 11.8. The molecule has 21 heavy (non-hydrogen) atoms. The summed E-state index contributed by atoms with van der Waals surface area (Å²) in [5.74, 6) is -0.465. The average molecular weight is 308 g/mol. The first-order valence-electron chi connectivity index (χ1n) is 6.44. The van der Waals surface area contributed by atoms with E-state index in [9.17, 15) is 12.8 Å². The zero-order valence-corrected chi connectivity index (χ0v) is 12.6. The van der Waals surface area contributed by atoms with Crippen molar-refractivity contribution in [3.63, 3.8) is 0 Å². The molecule has 1 atom stereocenters. The van der Waals surface area contributed by atoms with Crippen molar-refractivity contribution in [2.24, 2.45) is 5.73 Å². The Bertz CT molecular complexity index is 741. The fourth-order valence-electron chi connectivity index (χ4n) is 1.98. The maximum absolute atomic E-state index is 13.1. The van der Waals surface area contributed by atoms with Gasteiger partial charge in [-0.1, -0.05) is 12.1 Å². The van der Waals surface area contributed by atoms with E-state index in [1.54, 1.807) is 31.2 Å². The van der Waals surface area contributed by atoms with Gasteiger partial charge in [0.2, 0.25) is 0 Å². The molecule has 0 radical (unpaired) electrons. The first-order valence-corrected chi connectivity index (χ1v) is 7.92. The summed E-state index contributed by atoms with van der Waals surface area (Å²) in [4.78, 5) is 0.0557. The fourth-order valence-corrected chi connectivity index (χ4v) is 3.27. The van der Waals surface area contributed by atoms with Crippen LogP contribution in [0.1, 0.15) is 24.1 Å². The molecule has 0 spiro atoms. The Labute approximate surface area is 123 Å². The van der Waals surface area contributed by atoms with E-state index < -0.39 is 15.8 Å². The molecule has 1 unspecified atom stereocenters. The first kappa shape index (κ1) is 15.5. The summed E-state index contributed by atoms with van der Waals surface area (Å²) < 4.78 is 40.1. The number of rotatable bonds is 4. The Kier molecular flexibility index (Phi) is 4.29. The Balaban J connectivity index is 2.28. The molecular weight excluding hydrogens is 291 g/mol. The summed E-state index contributed by atoms with van der Waals surface area (Å²) >= 11 is 0. The lowest BCUT2D eigenvalue weighted by molar-refractivity contribution is 0.598. The highest BCUT2D eigenvalue weighted by atomic mass is 32.2. The second kappa shape index (κ2) is 5.83. The Morgan fingerprint density at radius 1 is 1.14 bits per heavy atom. The van der Waals surface area contributed by atoms with Crippen LogP contribution in [0.2, 0.25) is 0 Å². The van der Waals surface area contributed by atoms with E-state index in [0.717, 1.165) is 11.6 Å². The summed E-state index contributed by atoms with van der Waals surface area (Å²) in [5.41, 5.74) is 7.44. The van der Waals surface area contributed by atoms with Crippen molar-refractivity contribution in [2.45, 2.75) is 24.8 Å². The molecule has 0 aromatic heterocycles. The lowest BCUT2D eigenvalue weighted by Gasteiger charge is -2.11. The van der Waals surface area contributed by atoms with Gasteiger partial charge in [-0.15, -0.1) is 0 Å². The second-order valence-electron chi connectivity index (χ2n) is 4.93. The van der Waals surface area contributed by atoms with Gasteiger partial charge in [0.1, 0.15) is 5.82 Å². The van der Waals surface area contributed by atoms with Crippen molar-refractivity contribution in [2.75, 3.05) is 4.72 Å². The SMILES string of the molecule is Cc1cc(F)ccc1S(=O)(=O)Nc1ccc(C(C)N)cc1. The summed E-state index contributed by atoms with van der Waals surface area (Å²) in [6.07, 6.45) is 0. The third kappa shape index (κ3) is 3.59. The predicted molar refractivity (Wildman–Crippen MR) is 81.0 cm³/mol. The molecule has 0 fully saturated rings. The van der Waals surface area contributed by atoms with Crippen LogP contribution in [0.5, 0.6) is 0 Å². The molecule has 0 saturated carbocycles. The van der Waals surface area contributed by atoms with Crippen LogP contribution >= 0.6 is 0 Å². The molecule has 2 rings (SSSR count). The van der Waals surface area contributed by atoms with Crippen molar-refractivity contribution >= 4 is 15.7 Å². The van der Waals surface area contributed by atoms with Crippen molar-refractivity contribution in [1.82, 2.24) is 0 Å². The number of nitrogens with one attached hydrogen (secondary N) is 1. The second-order valence-corrected chi connectivity index (χ2v) is 6.58. The van der Waals surface area contributed by atoms with Crippen molar-refractivity contribution in [3.8, 4) is 0 Å². The molecule has 2 aromatic rings. The number of aryl methyl sites for hydroxylation is 1. The maximum Gasteiger partial charge on any atom is 0.262 e. The van der Waals surface area contributed by atoms with Gasteiger partial charge in [0.15, 0.2) is 0 Å². The standard InChI is InChI=1S/C15H17FN2O2S/c1-10-9-13(16)5-8-15(10)21(19,20)18-14-6-3-12(4-7-14)11(2)17/h3-9,11,18H,17H2,1-2H3. The van der Waals surface area contributed by atoms with E-state index in [1.165, 1.54) is 12.1 Å². The molecule has 3 N–H and O–H groups in total. The van der Waals surface area contributed by atoms with Gasteiger partial charge >= 0.3 is 0 Å². The van der Waals surface area contributed by atoms with E-state index >= 15 is 0 Å². The minimum atomic E-state index is -3.74. The van der Waals surface area contributed by atoms with Crippen molar-refractivity contribution in [1.29, 1.82) is 0 Å². The van der Waals surface area contributed by atoms with E-state index in [4.69, 9.17) is 5.73 Å². The van der Waals surface area contributed by atoms with Gasteiger partial charge in [-0.2, -0.15) is 0 Å². The quantitative estimate of drug-likeness (QED) is 0.912. The molecule has 112 valence electrons. The minimum Gasteiger partial charge on any atom is -0.324 e. The van der Waals surface area contributed by atoms with Crippen LogP contribution < -0.4 is 10.5 Å². The minimum absolute atomic E-state index is 0.0557. The number of hydrogen-bond acceptors (Lipinski definition) is 3. The van der Waals surface area contributed by atoms with Crippen LogP contribution in [0, 0.1) is 12.7 Å². The predicted octanol–water partition coefficient (Wildman–Crippen LogP) is 2.95. The lowest BCUT2D eigenvalue weighted by Crippen LogP contribution is -2.14. The number of hydrogen-bond donors (Lipinski definition) is 2. The summed E-state index contributed by atoms with van der Waals surface area (Å²) in [6.45, 7) is 3.40. The number of halogens is 1. The summed E-state index contributed by atoms with van der Waals surface area (Å²) in [5, 5.41) is 0. The average Bonchev–Trinajstić information content (AvgIpc) is 2.38. The van der Waals surface area contributed by atoms with Gasteiger partial charge in [0, 0.05) is 11.7 Å². The number of sulfonamides is 1. The monoisotopic (exact) mass is 308 g/mol. The lowest BCUT2D eigenvalue weighted by atomic mass is 10.1. The van der Waals surface area contributed by atoms with Gasteiger partial charge in [-0.3, -0.25) is 4.72 Å². The highest BCUT2D eigenvalue weighted by molar-refractivity contribution is 7.92. The van der Waals surface area contributed by atoms with Crippen LogP contribution in [-0.4, -0.2) is 8.42 Å². The molecule has 6 heteroatoms. The third-order valence-electron chi connectivity index (χ3n) is 3.12. The molecule has 0 heterocycles. The van der Waals surface area contributed by atoms with E-state index in [0.29, 0.717) is 11.3 Å². The van der Waals surface area contributed by atoms with Gasteiger partial charge in [0.25, 0.3) is 10.0 Å². The topological polar surface area (TPSA) is 72.2 Å². The van der Waals surface area contributed by atoms with E-state index in [-0.39, 0.29) is 10.9 Å². The summed E-state index contributed by atoms with van der Waals surface area (Å²) in [7, 11) is -3.74. The Morgan fingerprint density at radius 3 is 2.29 bits per heavy atom. The Hall–Kier alpha value is -1.92.